The Kier molecular flexibility index (Phi) is 11.0. The first kappa shape index (κ1) is 39.6. The zero-order valence-corrected chi connectivity index (χ0v) is 34.2. The molecule has 2 aromatic heterocycles. The summed E-state index contributed by atoms with van der Waals surface area (Å²) in [5.41, 5.74) is 10.4. The van der Waals surface area contributed by atoms with Crippen molar-refractivity contribution >= 4 is 35.1 Å². The number of nitrogens with two attached hydrogens (primary N) is 1. The van der Waals surface area contributed by atoms with Crippen LogP contribution in [0.25, 0.3) is 11.4 Å². The number of hydrogen-bond acceptors (Lipinski definition) is 11. The molecule has 314 valence electrons. The Morgan fingerprint density at radius 1 is 0.850 bits per heavy atom. The Bertz CT molecular complexity index is 2330. The zero-order chi connectivity index (χ0) is 41.5. The molecule has 7 heterocycles. The van der Waals surface area contributed by atoms with Crippen LogP contribution in [-0.4, -0.2) is 116 Å². The molecule has 9 rings (SSSR count). The normalized spacial score (nSPS) is 22.0. The van der Waals surface area contributed by atoms with E-state index in [0.717, 1.165) is 107 Å². The maximum Gasteiger partial charge on any atom is 0.346 e. The van der Waals surface area contributed by atoms with E-state index in [1.165, 1.54) is 14.8 Å². The Morgan fingerprint density at radius 3 is 2.32 bits per heavy atom. The van der Waals surface area contributed by atoms with Crippen LogP contribution in [0.4, 0.5) is 11.5 Å². The predicted molar refractivity (Wildman–Crippen MR) is 224 cm³/mol. The van der Waals surface area contributed by atoms with Crippen LogP contribution < -0.4 is 26.5 Å². The van der Waals surface area contributed by atoms with Crippen molar-refractivity contribution in [1.82, 2.24) is 39.4 Å². The number of likely N-dealkylation sites (tertiary alicyclic amines) is 2. The van der Waals surface area contributed by atoms with Gasteiger partial charge in [-0.25, -0.2) is 19.4 Å². The molecule has 4 aromatic rings. The molecule has 5 saturated heterocycles. The molecule has 2 aromatic carbocycles. The second-order valence-electron chi connectivity index (χ2n) is 17.2. The monoisotopic (exact) mass is 815 g/mol. The SMILES string of the molecule is Cn1c(-c2ccc(N3CCC(CN4CC(c5ccc(Cc6nc(N7CCC[C@H](N8CCCC8=O)C7)cnc6C(N)=O)cc5)C4)CC3)cc2)nn(C2CCC(=O)NC2=O)c1=O. The van der Waals surface area contributed by atoms with Crippen LogP contribution in [0.3, 0.4) is 0 Å². The number of aromatic nitrogens is 5. The highest BCUT2D eigenvalue weighted by molar-refractivity contribution is 5.99. The minimum Gasteiger partial charge on any atom is -0.372 e. The Morgan fingerprint density at radius 2 is 1.62 bits per heavy atom. The molecule has 0 aliphatic carbocycles. The molecule has 3 N–H and O–H groups in total. The van der Waals surface area contributed by atoms with Crippen molar-refractivity contribution in [3.63, 3.8) is 0 Å². The molecule has 0 bridgehead atoms. The van der Waals surface area contributed by atoms with E-state index >= 15 is 0 Å². The first-order valence-electron chi connectivity index (χ1n) is 21.4. The molecule has 2 atom stereocenters. The number of amides is 4. The van der Waals surface area contributed by atoms with Crippen molar-refractivity contribution in [2.75, 3.05) is 62.2 Å². The highest BCUT2D eigenvalue weighted by atomic mass is 16.2. The molecule has 0 spiro atoms. The summed E-state index contributed by atoms with van der Waals surface area (Å²) >= 11 is 0. The van der Waals surface area contributed by atoms with Gasteiger partial charge in [0.2, 0.25) is 11.8 Å². The minimum atomic E-state index is -0.795. The second-order valence-corrected chi connectivity index (χ2v) is 17.2. The molecular weight excluding hydrogens is 763 g/mol. The van der Waals surface area contributed by atoms with Crippen LogP contribution in [0.5, 0.6) is 0 Å². The average molecular weight is 816 g/mol. The van der Waals surface area contributed by atoms with Crippen LogP contribution in [0, 0.1) is 5.92 Å². The van der Waals surface area contributed by atoms with Crippen molar-refractivity contribution in [2.24, 2.45) is 18.7 Å². The average Bonchev–Trinajstić information content (AvgIpc) is 3.81. The summed E-state index contributed by atoms with van der Waals surface area (Å²) in [5, 5.41) is 6.81. The van der Waals surface area contributed by atoms with Gasteiger partial charge >= 0.3 is 5.69 Å². The standard InChI is InChI=1S/C44H53N11O5/c1-50-42(49-55(44(50)60)36-14-15-38(56)48-43(36)59)31-10-12-33(13-11-31)52-20-16-29(17-21-52)24-51-25-32(26-51)30-8-6-28(7-9-30)22-35-40(41(45)58)46-23-37(47-35)53-18-2-4-34(27-53)54-19-3-5-39(54)57/h6-13,23,29,32,34,36H,2-5,14-22,24-27H2,1H3,(H2,45,58)(H,48,56,59)/t34-,36?/m0/s1. The molecule has 1 unspecified atom stereocenters. The van der Waals surface area contributed by atoms with Crippen LogP contribution in [0.2, 0.25) is 0 Å². The van der Waals surface area contributed by atoms with Crippen molar-refractivity contribution in [3.8, 4) is 11.4 Å². The lowest BCUT2D eigenvalue weighted by Gasteiger charge is -2.43. The van der Waals surface area contributed by atoms with Gasteiger partial charge in [-0.2, -0.15) is 0 Å². The van der Waals surface area contributed by atoms with Gasteiger partial charge < -0.3 is 25.3 Å². The first-order valence-corrected chi connectivity index (χ1v) is 21.4. The lowest BCUT2D eigenvalue weighted by atomic mass is 9.88. The van der Waals surface area contributed by atoms with Crippen molar-refractivity contribution in [1.29, 1.82) is 0 Å². The molecule has 5 fully saturated rings. The van der Waals surface area contributed by atoms with Crippen molar-refractivity contribution in [2.45, 2.75) is 75.8 Å². The summed E-state index contributed by atoms with van der Waals surface area (Å²) in [6, 6.07) is 16.1. The Hall–Kier alpha value is -5.90. The number of benzene rings is 2. The minimum absolute atomic E-state index is 0.177. The van der Waals surface area contributed by atoms with Gasteiger partial charge in [0.1, 0.15) is 17.6 Å². The van der Waals surface area contributed by atoms with E-state index < -0.39 is 17.9 Å². The van der Waals surface area contributed by atoms with Gasteiger partial charge in [-0.15, -0.1) is 5.10 Å². The molecule has 60 heavy (non-hydrogen) atoms. The smallest absolute Gasteiger partial charge is 0.346 e. The number of primary amides is 1. The molecular formula is C44H53N11O5. The number of rotatable bonds is 11. The summed E-state index contributed by atoms with van der Waals surface area (Å²) in [7, 11) is 1.65. The maximum atomic E-state index is 13.0. The van der Waals surface area contributed by atoms with E-state index in [1.54, 1.807) is 13.2 Å². The maximum absolute atomic E-state index is 13.0. The van der Waals surface area contributed by atoms with Crippen molar-refractivity contribution in [3.05, 3.63) is 87.7 Å². The van der Waals surface area contributed by atoms with Crippen LogP contribution in [0.1, 0.15) is 90.6 Å². The third-order valence-electron chi connectivity index (χ3n) is 13.2. The van der Waals surface area contributed by atoms with Gasteiger partial charge in [-0.3, -0.25) is 29.1 Å². The Labute approximate surface area is 348 Å². The fourth-order valence-corrected chi connectivity index (χ4v) is 9.79. The quantitative estimate of drug-likeness (QED) is 0.212. The number of nitrogens with one attached hydrogen (secondary N) is 1. The fraction of sp³-hybridized carbons (Fsp3) is 0.500. The number of imide groups is 1. The van der Waals surface area contributed by atoms with Gasteiger partial charge in [0.05, 0.1) is 11.9 Å². The lowest BCUT2D eigenvalue weighted by Crippen LogP contribution is -2.48. The third kappa shape index (κ3) is 8.04. The number of piperidine rings is 3. The van der Waals surface area contributed by atoms with Gasteiger partial charge in [-0.1, -0.05) is 24.3 Å². The molecule has 16 heteroatoms. The number of anilines is 2. The summed E-state index contributed by atoms with van der Waals surface area (Å²) in [6.07, 6.45) is 8.29. The number of carbonyl (C=O) groups is 4. The zero-order valence-electron chi connectivity index (χ0n) is 34.2. The predicted octanol–water partition coefficient (Wildman–Crippen LogP) is 2.61. The van der Waals surface area contributed by atoms with E-state index in [4.69, 9.17) is 10.7 Å². The van der Waals surface area contributed by atoms with Crippen LogP contribution in [-0.2, 0) is 27.9 Å². The molecule has 5 aliphatic heterocycles. The van der Waals surface area contributed by atoms with Gasteiger partial charge in [0.15, 0.2) is 5.82 Å². The number of hydrogen-bond donors (Lipinski definition) is 2. The summed E-state index contributed by atoms with van der Waals surface area (Å²) in [5.74, 6) is 1.17. The van der Waals surface area contributed by atoms with Gasteiger partial charge in [0, 0.05) is 102 Å². The highest BCUT2D eigenvalue weighted by Gasteiger charge is 2.34. The van der Waals surface area contributed by atoms with E-state index in [2.05, 4.69) is 66.5 Å². The first-order chi connectivity index (χ1) is 29.1. The number of nitrogens with zero attached hydrogens (tertiary/aromatic N) is 9. The second kappa shape index (κ2) is 16.6. The van der Waals surface area contributed by atoms with E-state index in [1.807, 2.05) is 17.0 Å². The molecule has 5 aliphatic rings. The fourth-order valence-electron chi connectivity index (χ4n) is 9.79. The summed E-state index contributed by atoms with van der Waals surface area (Å²) in [6.45, 7) is 7.52. The highest BCUT2D eigenvalue weighted by Crippen LogP contribution is 2.32. The van der Waals surface area contributed by atoms with Gasteiger partial charge in [-0.05, 0) is 79.8 Å². The lowest BCUT2D eigenvalue weighted by molar-refractivity contribution is -0.136. The molecule has 16 nitrogen and oxygen atoms in total. The molecule has 4 amide bonds. The largest absolute Gasteiger partial charge is 0.372 e. The summed E-state index contributed by atoms with van der Waals surface area (Å²) in [4.78, 5) is 80.3. The van der Waals surface area contributed by atoms with Gasteiger partial charge in [0.25, 0.3) is 11.8 Å². The van der Waals surface area contributed by atoms with Crippen LogP contribution >= 0.6 is 0 Å². The van der Waals surface area contributed by atoms with Crippen molar-refractivity contribution < 1.29 is 19.2 Å². The molecule has 0 saturated carbocycles. The topological polar surface area (TPSA) is 185 Å². The third-order valence-corrected chi connectivity index (χ3v) is 13.2. The van der Waals surface area contributed by atoms with E-state index in [0.29, 0.717) is 36.2 Å². The van der Waals surface area contributed by atoms with E-state index in [9.17, 15) is 24.0 Å². The molecule has 0 radical (unpaired) electrons. The Balaban J connectivity index is 0.749. The number of carbonyl (C=O) groups excluding carboxylic acids is 4. The summed E-state index contributed by atoms with van der Waals surface area (Å²) < 4.78 is 2.64. The van der Waals surface area contributed by atoms with Crippen LogP contribution in [0.15, 0.2) is 59.5 Å². The van der Waals surface area contributed by atoms with E-state index in [-0.39, 0.29) is 42.1 Å².